The molecule has 0 saturated carbocycles. The van der Waals surface area contributed by atoms with Crippen molar-refractivity contribution < 1.29 is 14.4 Å². The zero-order valence-electron chi connectivity index (χ0n) is 18.0. The minimum atomic E-state index is -0.820. The zero-order valence-corrected chi connectivity index (χ0v) is 18.8. The SMILES string of the molecule is CN(C)CCNC(=O)C(=O)Nc1ccccc1C(=O)NCCc1c[nH]c2ccc(Cl)cc12. The first-order valence-electron chi connectivity index (χ1n) is 10.2. The van der Waals surface area contributed by atoms with Crippen molar-refractivity contribution in [3.05, 3.63) is 64.8 Å². The van der Waals surface area contributed by atoms with Gasteiger partial charge in [-0.3, -0.25) is 14.4 Å². The number of likely N-dealkylation sites (N-methyl/N-ethyl adjacent to an activating group) is 1. The van der Waals surface area contributed by atoms with Gasteiger partial charge in [0.05, 0.1) is 11.3 Å². The number of hydrogen-bond acceptors (Lipinski definition) is 4. The largest absolute Gasteiger partial charge is 0.361 e. The third-order valence-electron chi connectivity index (χ3n) is 4.88. The lowest BCUT2D eigenvalue weighted by molar-refractivity contribution is -0.136. The summed E-state index contributed by atoms with van der Waals surface area (Å²) in [6.45, 7) is 1.35. The zero-order chi connectivity index (χ0) is 23.1. The Bertz CT molecular complexity index is 1130. The molecule has 3 amide bonds. The Morgan fingerprint density at radius 2 is 1.78 bits per heavy atom. The molecule has 168 valence electrons. The van der Waals surface area contributed by atoms with Crippen molar-refractivity contribution in [2.24, 2.45) is 0 Å². The van der Waals surface area contributed by atoms with Crippen LogP contribution in [0.1, 0.15) is 15.9 Å². The minimum Gasteiger partial charge on any atom is -0.361 e. The van der Waals surface area contributed by atoms with E-state index in [0.29, 0.717) is 31.1 Å². The van der Waals surface area contributed by atoms with Gasteiger partial charge in [-0.2, -0.15) is 0 Å². The molecule has 0 saturated heterocycles. The van der Waals surface area contributed by atoms with Gasteiger partial charge in [0, 0.05) is 41.8 Å². The first kappa shape index (κ1) is 23.3. The first-order chi connectivity index (χ1) is 15.3. The highest BCUT2D eigenvalue weighted by molar-refractivity contribution is 6.40. The molecular weight excluding hydrogens is 430 g/mol. The fourth-order valence-corrected chi connectivity index (χ4v) is 3.38. The van der Waals surface area contributed by atoms with Gasteiger partial charge >= 0.3 is 11.8 Å². The van der Waals surface area contributed by atoms with Crippen molar-refractivity contribution in [2.45, 2.75) is 6.42 Å². The third-order valence-corrected chi connectivity index (χ3v) is 5.12. The normalized spacial score (nSPS) is 10.9. The number of halogens is 1. The number of nitrogens with zero attached hydrogens (tertiary/aromatic N) is 1. The van der Waals surface area contributed by atoms with Crippen molar-refractivity contribution in [1.82, 2.24) is 20.5 Å². The molecule has 0 aliphatic heterocycles. The highest BCUT2D eigenvalue weighted by Gasteiger charge is 2.17. The Hall–Kier alpha value is -3.36. The van der Waals surface area contributed by atoms with Crippen LogP contribution in [0.2, 0.25) is 5.02 Å². The number of amides is 3. The van der Waals surface area contributed by atoms with Gasteiger partial charge < -0.3 is 25.8 Å². The maximum absolute atomic E-state index is 12.7. The number of aromatic nitrogens is 1. The number of carbonyl (C=O) groups excluding carboxylic acids is 3. The Kier molecular flexibility index (Phi) is 7.86. The van der Waals surface area contributed by atoms with Crippen LogP contribution in [0.5, 0.6) is 0 Å². The van der Waals surface area contributed by atoms with Crippen LogP contribution in [-0.4, -0.2) is 61.3 Å². The number of hydrogen-bond donors (Lipinski definition) is 4. The minimum absolute atomic E-state index is 0.275. The van der Waals surface area contributed by atoms with Crippen molar-refractivity contribution >= 4 is 45.9 Å². The third kappa shape index (κ3) is 6.09. The van der Waals surface area contributed by atoms with E-state index < -0.39 is 11.8 Å². The summed E-state index contributed by atoms with van der Waals surface area (Å²) in [5, 5.41) is 9.59. The number of benzene rings is 2. The van der Waals surface area contributed by atoms with Gasteiger partial charge in [0.2, 0.25) is 0 Å². The van der Waals surface area contributed by atoms with Crippen LogP contribution in [0, 0.1) is 0 Å². The maximum atomic E-state index is 12.7. The van der Waals surface area contributed by atoms with E-state index in [-0.39, 0.29) is 17.2 Å². The average Bonchev–Trinajstić information content (AvgIpc) is 3.15. The highest BCUT2D eigenvalue weighted by atomic mass is 35.5. The molecule has 3 rings (SSSR count). The van der Waals surface area contributed by atoms with Gasteiger partial charge in [-0.25, -0.2) is 0 Å². The highest BCUT2D eigenvalue weighted by Crippen LogP contribution is 2.22. The van der Waals surface area contributed by atoms with Crippen LogP contribution in [0.4, 0.5) is 5.69 Å². The molecule has 0 bridgehead atoms. The van der Waals surface area contributed by atoms with Gasteiger partial charge in [0.25, 0.3) is 5.91 Å². The molecule has 9 heteroatoms. The number of nitrogens with one attached hydrogen (secondary N) is 4. The van der Waals surface area contributed by atoms with Gasteiger partial charge in [-0.05, 0) is 56.4 Å². The number of aromatic amines is 1. The topological polar surface area (TPSA) is 106 Å². The second-order valence-electron chi connectivity index (χ2n) is 7.57. The molecule has 0 atom stereocenters. The molecule has 0 radical (unpaired) electrons. The summed E-state index contributed by atoms with van der Waals surface area (Å²) in [6, 6.07) is 12.2. The predicted molar refractivity (Wildman–Crippen MR) is 126 cm³/mol. The van der Waals surface area contributed by atoms with E-state index in [4.69, 9.17) is 11.6 Å². The van der Waals surface area contributed by atoms with Crippen LogP contribution < -0.4 is 16.0 Å². The lowest BCUT2D eigenvalue weighted by atomic mass is 10.1. The quantitative estimate of drug-likeness (QED) is 0.391. The van der Waals surface area contributed by atoms with E-state index in [1.54, 1.807) is 24.3 Å². The molecular formula is C23H26ClN5O3. The lowest BCUT2D eigenvalue weighted by Crippen LogP contribution is -2.39. The summed E-state index contributed by atoms with van der Waals surface area (Å²) in [6.07, 6.45) is 2.51. The number of rotatable bonds is 8. The molecule has 0 aliphatic carbocycles. The van der Waals surface area contributed by atoms with E-state index in [1.807, 2.05) is 43.4 Å². The number of para-hydroxylation sites is 1. The standard InChI is InChI=1S/C23H26ClN5O3/c1-29(2)12-11-26-22(31)23(32)28-20-6-4-3-5-17(20)21(30)25-10-9-15-14-27-19-8-7-16(24)13-18(15)19/h3-8,13-14,27H,9-12H2,1-2H3,(H,25,30)(H,26,31)(H,28,32). The summed E-state index contributed by atoms with van der Waals surface area (Å²) >= 11 is 6.09. The fourth-order valence-electron chi connectivity index (χ4n) is 3.21. The lowest BCUT2D eigenvalue weighted by Gasteiger charge is -2.12. The number of H-pyrrole nitrogens is 1. The maximum Gasteiger partial charge on any atom is 0.313 e. The molecule has 1 heterocycles. The summed E-state index contributed by atoms with van der Waals surface area (Å²) in [5.41, 5.74) is 2.58. The predicted octanol–water partition coefficient (Wildman–Crippen LogP) is 2.41. The molecule has 0 aliphatic rings. The van der Waals surface area contributed by atoms with E-state index in [2.05, 4.69) is 20.9 Å². The van der Waals surface area contributed by atoms with E-state index in [9.17, 15) is 14.4 Å². The van der Waals surface area contributed by atoms with Crippen LogP contribution in [0.3, 0.4) is 0 Å². The van der Waals surface area contributed by atoms with Crippen molar-refractivity contribution in [3.63, 3.8) is 0 Å². The summed E-state index contributed by atoms with van der Waals surface area (Å²) in [5.74, 6) is -1.91. The van der Waals surface area contributed by atoms with Crippen molar-refractivity contribution in [1.29, 1.82) is 0 Å². The molecule has 0 spiro atoms. The Balaban J connectivity index is 1.58. The summed E-state index contributed by atoms with van der Waals surface area (Å²) in [4.78, 5) is 42.0. The summed E-state index contributed by atoms with van der Waals surface area (Å²) < 4.78 is 0. The number of fused-ring (bicyclic) bond motifs is 1. The first-order valence-corrected chi connectivity index (χ1v) is 10.6. The van der Waals surface area contributed by atoms with Crippen LogP contribution in [0.15, 0.2) is 48.7 Å². The summed E-state index contributed by atoms with van der Waals surface area (Å²) in [7, 11) is 3.74. The molecule has 1 aromatic heterocycles. The molecule has 0 unspecified atom stereocenters. The Labute approximate surface area is 191 Å². The second-order valence-corrected chi connectivity index (χ2v) is 8.01. The Morgan fingerprint density at radius 3 is 2.56 bits per heavy atom. The van der Waals surface area contributed by atoms with E-state index >= 15 is 0 Å². The van der Waals surface area contributed by atoms with Gasteiger partial charge in [0.15, 0.2) is 0 Å². The number of carbonyl (C=O) groups is 3. The number of anilines is 1. The molecule has 0 fully saturated rings. The molecule has 2 aromatic carbocycles. The smallest absolute Gasteiger partial charge is 0.313 e. The van der Waals surface area contributed by atoms with Crippen LogP contribution >= 0.6 is 11.6 Å². The molecule has 8 nitrogen and oxygen atoms in total. The Morgan fingerprint density at radius 1 is 1.00 bits per heavy atom. The van der Waals surface area contributed by atoms with Gasteiger partial charge in [-0.1, -0.05) is 23.7 Å². The molecule has 4 N–H and O–H groups in total. The van der Waals surface area contributed by atoms with E-state index in [1.165, 1.54) is 0 Å². The van der Waals surface area contributed by atoms with E-state index in [0.717, 1.165) is 16.5 Å². The average molecular weight is 456 g/mol. The monoisotopic (exact) mass is 455 g/mol. The van der Waals surface area contributed by atoms with Crippen molar-refractivity contribution in [3.8, 4) is 0 Å². The van der Waals surface area contributed by atoms with Crippen LogP contribution in [0.25, 0.3) is 10.9 Å². The van der Waals surface area contributed by atoms with Gasteiger partial charge in [-0.15, -0.1) is 0 Å². The van der Waals surface area contributed by atoms with Crippen LogP contribution in [-0.2, 0) is 16.0 Å². The molecule has 32 heavy (non-hydrogen) atoms. The fraction of sp³-hybridized carbons (Fsp3) is 0.261. The van der Waals surface area contributed by atoms with Crippen molar-refractivity contribution in [2.75, 3.05) is 39.0 Å². The van der Waals surface area contributed by atoms with Gasteiger partial charge in [0.1, 0.15) is 0 Å². The molecule has 3 aromatic rings. The second kappa shape index (κ2) is 10.8.